The Labute approximate surface area is 118 Å². The van der Waals surface area contributed by atoms with Crippen molar-refractivity contribution in [2.75, 3.05) is 17.7 Å². The number of nitrogens with two attached hydrogens (primary N) is 1. The summed E-state index contributed by atoms with van der Waals surface area (Å²) in [5.41, 5.74) is 8.32. The average Bonchev–Trinajstić information content (AvgIpc) is 2.46. The standard InChI is InChI=1S/C16H18N2O2/c1-18(13-7-9-14(19)10-8-13)16(20)11-6-12-4-2-3-5-15(12)17/h2-5,7-10,19H,6,11,17H2,1H3. The predicted molar refractivity (Wildman–Crippen MR) is 80.7 cm³/mol. The maximum Gasteiger partial charge on any atom is 0.227 e. The second kappa shape index (κ2) is 6.10. The Morgan fingerprint density at radius 3 is 2.45 bits per heavy atom. The van der Waals surface area contributed by atoms with Crippen LogP contribution in [0, 0.1) is 0 Å². The van der Waals surface area contributed by atoms with E-state index in [2.05, 4.69) is 0 Å². The highest BCUT2D eigenvalue weighted by atomic mass is 16.3. The number of hydrogen-bond donors (Lipinski definition) is 2. The summed E-state index contributed by atoms with van der Waals surface area (Å²) in [6.45, 7) is 0. The molecule has 0 bridgehead atoms. The van der Waals surface area contributed by atoms with Gasteiger partial charge in [0.1, 0.15) is 5.75 Å². The largest absolute Gasteiger partial charge is 0.508 e. The maximum absolute atomic E-state index is 12.1. The van der Waals surface area contributed by atoms with Gasteiger partial charge in [0.05, 0.1) is 0 Å². The molecule has 0 aromatic heterocycles. The number of aromatic hydroxyl groups is 1. The fraction of sp³-hybridized carbons (Fsp3) is 0.188. The van der Waals surface area contributed by atoms with Gasteiger partial charge in [0.2, 0.25) is 5.91 Å². The van der Waals surface area contributed by atoms with Gasteiger partial charge in [-0.15, -0.1) is 0 Å². The number of benzene rings is 2. The molecule has 2 aromatic carbocycles. The van der Waals surface area contributed by atoms with Gasteiger partial charge < -0.3 is 15.7 Å². The number of nitrogens with zero attached hydrogens (tertiary/aromatic N) is 1. The monoisotopic (exact) mass is 270 g/mol. The minimum Gasteiger partial charge on any atom is -0.508 e. The Morgan fingerprint density at radius 1 is 1.15 bits per heavy atom. The lowest BCUT2D eigenvalue weighted by molar-refractivity contribution is -0.118. The SMILES string of the molecule is CN(C(=O)CCc1ccccc1N)c1ccc(O)cc1. The van der Waals surface area contributed by atoms with Crippen molar-refractivity contribution >= 4 is 17.3 Å². The van der Waals surface area contributed by atoms with Crippen LogP contribution in [0.2, 0.25) is 0 Å². The first-order valence-electron chi connectivity index (χ1n) is 6.47. The number of hydrogen-bond acceptors (Lipinski definition) is 3. The first-order valence-corrected chi connectivity index (χ1v) is 6.47. The molecule has 2 rings (SSSR count). The summed E-state index contributed by atoms with van der Waals surface area (Å²) in [7, 11) is 1.73. The lowest BCUT2D eigenvalue weighted by atomic mass is 10.1. The van der Waals surface area contributed by atoms with Crippen LogP contribution in [0.3, 0.4) is 0 Å². The average molecular weight is 270 g/mol. The van der Waals surface area contributed by atoms with Crippen molar-refractivity contribution in [3.63, 3.8) is 0 Å². The molecule has 0 aliphatic heterocycles. The van der Waals surface area contributed by atoms with E-state index in [-0.39, 0.29) is 11.7 Å². The fourth-order valence-electron chi connectivity index (χ4n) is 1.99. The van der Waals surface area contributed by atoms with Crippen molar-refractivity contribution in [1.82, 2.24) is 0 Å². The summed E-state index contributed by atoms with van der Waals surface area (Å²) in [5, 5.41) is 9.24. The van der Waals surface area contributed by atoms with Gasteiger partial charge >= 0.3 is 0 Å². The van der Waals surface area contributed by atoms with E-state index >= 15 is 0 Å². The van der Waals surface area contributed by atoms with Gasteiger partial charge in [0.15, 0.2) is 0 Å². The molecule has 0 aliphatic rings. The molecule has 2 aromatic rings. The molecule has 4 nitrogen and oxygen atoms in total. The first kappa shape index (κ1) is 13.9. The van der Waals surface area contributed by atoms with Crippen LogP contribution in [0.15, 0.2) is 48.5 Å². The van der Waals surface area contributed by atoms with Crippen molar-refractivity contribution in [2.45, 2.75) is 12.8 Å². The van der Waals surface area contributed by atoms with Crippen LogP contribution in [-0.2, 0) is 11.2 Å². The van der Waals surface area contributed by atoms with Crippen molar-refractivity contribution < 1.29 is 9.90 Å². The van der Waals surface area contributed by atoms with Gasteiger partial charge in [-0.1, -0.05) is 18.2 Å². The highest BCUT2D eigenvalue weighted by molar-refractivity contribution is 5.93. The van der Waals surface area contributed by atoms with Crippen molar-refractivity contribution in [1.29, 1.82) is 0 Å². The molecule has 104 valence electrons. The van der Waals surface area contributed by atoms with Crippen LogP contribution in [0.5, 0.6) is 5.75 Å². The normalized spacial score (nSPS) is 10.2. The van der Waals surface area contributed by atoms with E-state index in [1.807, 2.05) is 24.3 Å². The van der Waals surface area contributed by atoms with E-state index in [0.717, 1.165) is 11.3 Å². The number of carbonyl (C=O) groups excluding carboxylic acids is 1. The number of para-hydroxylation sites is 1. The Hall–Kier alpha value is -2.49. The Bertz CT molecular complexity index is 594. The third kappa shape index (κ3) is 3.29. The van der Waals surface area contributed by atoms with Crippen molar-refractivity contribution in [3.8, 4) is 5.75 Å². The molecule has 0 radical (unpaired) electrons. The Morgan fingerprint density at radius 2 is 1.80 bits per heavy atom. The number of rotatable bonds is 4. The Kier molecular flexibility index (Phi) is 4.25. The third-order valence-corrected chi connectivity index (χ3v) is 3.27. The molecule has 3 N–H and O–H groups in total. The van der Waals surface area contributed by atoms with Crippen LogP contribution >= 0.6 is 0 Å². The molecule has 0 spiro atoms. The molecule has 4 heteroatoms. The summed E-state index contributed by atoms with van der Waals surface area (Å²) in [6, 6.07) is 14.1. The van der Waals surface area contributed by atoms with E-state index in [9.17, 15) is 9.90 Å². The molecule has 20 heavy (non-hydrogen) atoms. The van der Waals surface area contributed by atoms with Gasteiger partial charge in [-0.2, -0.15) is 0 Å². The summed E-state index contributed by atoms with van der Waals surface area (Å²) in [5.74, 6) is 0.200. The predicted octanol–water partition coefficient (Wildman–Crippen LogP) is 2.57. The summed E-state index contributed by atoms with van der Waals surface area (Å²) < 4.78 is 0. The number of phenolic OH excluding ortho intramolecular Hbond substituents is 1. The molecular weight excluding hydrogens is 252 g/mol. The zero-order chi connectivity index (χ0) is 14.5. The fourth-order valence-corrected chi connectivity index (χ4v) is 1.99. The number of aryl methyl sites for hydroxylation is 1. The van der Waals surface area contributed by atoms with Crippen LogP contribution in [0.25, 0.3) is 0 Å². The molecule has 0 saturated carbocycles. The quantitative estimate of drug-likeness (QED) is 0.839. The zero-order valence-corrected chi connectivity index (χ0v) is 11.4. The summed E-state index contributed by atoms with van der Waals surface area (Å²) >= 11 is 0. The van der Waals surface area contributed by atoms with Gasteiger partial charge in [0.25, 0.3) is 0 Å². The highest BCUT2D eigenvalue weighted by Gasteiger charge is 2.11. The molecule has 0 saturated heterocycles. The third-order valence-electron chi connectivity index (χ3n) is 3.27. The van der Waals surface area contributed by atoms with Gasteiger partial charge in [-0.05, 0) is 42.3 Å². The lowest BCUT2D eigenvalue weighted by Crippen LogP contribution is -2.26. The first-order chi connectivity index (χ1) is 9.58. The molecule has 0 aliphatic carbocycles. The van der Waals surface area contributed by atoms with E-state index < -0.39 is 0 Å². The molecular formula is C16H18N2O2. The van der Waals surface area contributed by atoms with Crippen molar-refractivity contribution in [2.24, 2.45) is 0 Å². The second-order valence-corrected chi connectivity index (χ2v) is 4.67. The topological polar surface area (TPSA) is 66.6 Å². The summed E-state index contributed by atoms with van der Waals surface area (Å²) in [4.78, 5) is 13.7. The van der Waals surface area contributed by atoms with E-state index in [1.54, 1.807) is 36.2 Å². The Balaban J connectivity index is 1.98. The smallest absolute Gasteiger partial charge is 0.227 e. The summed E-state index contributed by atoms with van der Waals surface area (Å²) in [6.07, 6.45) is 1.01. The molecule has 0 fully saturated rings. The van der Waals surface area contributed by atoms with Crippen LogP contribution in [0.4, 0.5) is 11.4 Å². The van der Waals surface area contributed by atoms with E-state index in [1.165, 1.54) is 0 Å². The molecule has 0 heterocycles. The van der Waals surface area contributed by atoms with Gasteiger partial charge in [-0.3, -0.25) is 4.79 Å². The maximum atomic E-state index is 12.1. The number of anilines is 2. The zero-order valence-electron chi connectivity index (χ0n) is 11.4. The highest BCUT2D eigenvalue weighted by Crippen LogP contribution is 2.19. The minimum atomic E-state index is 0.0129. The number of phenols is 1. The van der Waals surface area contributed by atoms with Crippen LogP contribution < -0.4 is 10.6 Å². The second-order valence-electron chi connectivity index (χ2n) is 4.67. The molecule has 1 amide bonds. The van der Waals surface area contributed by atoms with Gasteiger partial charge in [-0.25, -0.2) is 0 Å². The van der Waals surface area contributed by atoms with Crippen LogP contribution in [-0.4, -0.2) is 18.1 Å². The van der Waals surface area contributed by atoms with E-state index in [4.69, 9.17) is 5.73 Å². The van der Waals surface area contributed by atoms with Crippen LogP contribution in [0.1, 0.15) is 12.0 Å². The number of carbonyl (C=O) groups is 1. The lowest BCUT2D eigenvalue weighted by Gasteiger charge is -2.17. The van der Waals surface area contributed by atoms with Gasteiger partial charge in [0, 0.05) is 24.8 Å². The molecule has 0 unspecified atom stereocenters. The van der Waals surface area contributed by atoms with Crippen molar-refractivity contribution in [3.05, 3.63) is 54.1 Å². The minimum absolute atomic E-state index is 0.0129. The number of nitrogen functional groups attached to an aromatic ring is 1. The number of amides is 1. The van der Waals surface area contributed by atoms with E-state index in [0.29, 0.717) is 18.5 Å². The molecule has 0 atom stereocenters.